The molecule has 0 bridgehead atoms. The topological polar surface area (TPSA) is 0 Å². The van der Waals surface area contributed by atoms with E-state index in [0.717, 1.165) is 0 Å². The van der Waals surface area contributed by atoms with Crippen molar-refractivity contribution in [1.29, 1.82) is 0 Å². The minimum atomic E-state index is 0. The Balaban J connectivity index is 0. The van der Waals surface area contributed by atoms with Crippen LogP contribution < -0.4 is 0 Å². The molecule has 0 fully saturated rings. The minimum Gasteiger partial charge on any atom is -0.0125 e. The van der Waals surface area contributed by atoms with Gasteiger partial charge in [0.25, 0.3) is 0 Å². The molecule has 0 aromatic heterocycles. The predicted molar refractivity (Wildman–Crippen MR) is 9.94 cm³/mol. The van der Waals surface area contributed by atoms with Crippen molar-refractivity contribution in [3.8, 4) is 0 Å². The minimum absolute atomic E-state index is 0. The van der Waals surface area contributed by atoms with Crippen LogP contribution in [0.15, 0.2) is 0 Å². The molecule has 0 unspecified atom stereocenters. The summed E-state index contributed by atoms with van der Waals surface area (Å²) in [5.74, 6) is 0. The van der Waals surface area contributed by atoms with Gasteiger partial charge in [-0.2, -0.15) is 0 Å². The summed E-state index contributed by atoms with van der Waals surface area (Å²) < 4.78 is 0. The van der Waals surface area contributed by atoms with Gasteiger partial charge in [-0.15, -0.1) is 0 Å². The van der Waals surface area contributed by atoms with Crippen molar-refractivity contribution in [2.45, 2.75) is 0 Å². The second-order valence-electron chi connectivity index (χ2n) is 0. The summed E-state index contributed by atoms with van der Waals surface area (Å²) in [6.07, 6.45) is 0. The SMILES string of the molecule is [Cd].[Co].[Ni].[SiH3].[W]. The summed E-state index contributed by atoms with van der Waals surface area (Å²) in [7, 11) is 0. The van der Waals surface area contributed by atoms with Crippen molar-refractivity contribution in [1.82, 2.24) is 0 Å². The summed E-state index contributed by atoms with van der Waals surface area (Å²) in [6.45, 7) is 0. The van der Waals surface area contributed by atoms with Gasteiger partial charge in [0.1, 0.15) is 0 Å². The standard InChI is InChI=1S/Cd.Co.Ni.H3Si.W/h;;;1H3;. The quantitative estimate of drug-likeness (QED) is 0.412. The van der Waals surface area contributed by atoms with Crippen molar-refractivity contribution in [3.63, 3.8) is 0 Å². The van der Waals surface area contributed by atoms with E-state index < -0.39 is 0 Å². The van der Waals surface area contributed by atoms with Gasteiger partial charge in [-0.3, -0.25) is 0 Å². The molecule has 0 aromatic rings. The van der Waals surface area contributed by atoms with E-state index >= 15 is 0 Å². The van der Waals surface area contributed by atoms with E-state index in [2.05, 4.69) is 0 Å². The van der Waals surface area contributed by atoms with Gasteiger partial charge in [-0.1, -0.05) is 0 Å². The zero-order valence-electron chi connectivity index (χ0n) is 2.76. The molecule has 0 rings (SSSR count). The van der Waals surface area contributed by atoms with E-state index in [-0.39, 0.29) is 92.6 Å². The summed E-state index contributed by atoms with van der Waals surface area (Å²) in [6, 6.07) is 0. The Morgan fingerprint density at radius 3 is 1.00 bits per heavy atom. The first kappa shape index (κ1) is 45.6. The van der Waals surface area contributed by atoms with Crippen molar-refractivity contribution in [2.75, 3.05) is 0 Å². The molecule has 2 radical (unpaired) electrons. The van der Waals surface area contributed by atoms with Crippen molar-refractivity contribution in [3.05, 3.63) is 0 Å². The Labute approximate surface area is 91.2 Å². The number of rotatable bonds is 0. The molecule has 5 heteroatoms. The first-order chi connectivity index (χ1) is 0. The van der Waals surface area contributed by atoms with E-state index in [9.17, 15) is 0 Å². The van der Waals surface area contributed by atoms with E-state index in [0.29, 0.717) is 0 Å². The summed E-state index contributed by atoms with van der Waals surface area (Å²) in [4.78, 5) is 0. The second-order valence-corrected chi connectivity index (χ2v) is 0. The molecule has 0 nitrogen and oxygen atoms in total. The largest absolute Gasteiger partial charge is 0.0125 e. The van der Waals surface area contributed by atoms with Gasteiger partial charge in [-0.05, 0) is 11.0 Å². The van der Waals surface area contributed by atoms with Crippen molar-refractivity contribution < 1.29 is 81.6 Å². The summed E-state index contributed by atoms with van der Waals surface area (Å²) in [5.41, 5.74) is 0. The molecule has 0 aliphatic rings. The first-order valence-electron chi connectivity index (χ1n) is 0. The average molecular weight is 445 g/mol. The maximum Gasteiger partial charge on any atom is 0 e. The van der Waals surface area contributed by atoms with Gasteiger partial charge in [0, 0.05) is 81.6 Å². The van der Waals surface area contributed by atoms with Crippen LogP contribution in [0.5, 0.6) is 0 Å². The van der Waals surface area contributed by atoms with E-state index in [1.54, 1.807) is 0 Å². The van der Waals surface area contributed by atoms with Crippen LogP contribution in [-0.2, 0) is 81.6 Å². The maximum absolute atomic E-state index is 0. The number of hydrogen-bond acceptors (Lipinski definition) is 0. The van der Waals surface area contributed by atoms with Gasteiger partial charge in [0.05, 0.1) is 0 Å². The van der Waals surface area contributed by atoms with Crippen LogP contribution in [0.4, 0.5) is 0 Å². The normalized spacial score (nSPS) is 0. The van der Waals surface area contributed by atoms with Crippen LogP contribution in [-0.4, -0.2) is 11.0 Å². The van der Waals surface area contributed by atoms with E-state index in [4.69, 9.17) is 0 Å². The van der Waals surface area contributed by atoms with Crippen molar-refractivity contribution in [2.24, 2.45) is 0 Å². The molecule has 0 aromatic carbocycles. The Kier molecular flexibility index (Phi) is 265. The summed E-state index contributed by atoms with van der Waals surface area (Å²) >= 11 is 0. The van der Waals surface area contributed by atoms with E-state index in [1.165, 1.54) is 0 Å². The molecule has 0 atom stereocenters. The molecular formula is H3CdCoNiSiW. The monoisotopic (exact) mass is 446 g/mol. The Morgan fingerprint density at radius 1 is 1.00 bits per heavy atom. The van der Waals surface area contributed by atoms with Crippen LogP contribution >= 0.6 is 0 Å². The molecule has 0 saturated carbocycles. The Hall–Kier alpha value is 2.83. The van der Waals surface area contributed by atoms with Crippen LogP contribution in [0.3, 0.4) is 0 Å². The third-order valence-corrected chi connectivity index (χ3v) is 0. The van der Waals surface area contributed by atoms with Gasteiger partial charge in [-0.25, -0.2) is 0 Å². The molecule has 0 aliphatic heterocycles. The Bertz CT molecular complexity index is 11.6. The van der Waals surface area contributed by atoms with Crippen molar-refractivity contribution >= 4 is 11.0 Å². The molecule has 5 heavy (non-hydrogen) atoms. The molecular weight excluding hydrogens is 442 g/mol. The second kappa shape index (κ2) is 29.0. The zero-order chi connectivity index (χ0) is 0. The van der Waals surface area contributed by atoms with Crippen LogP contribution in [0, 0.1) is 0 Å². The fourth-order valence-electron chi connectivity index (χ4n) is 0. The smallest absolute Gasteiger partial charge is 0 e. The average Bonchev–Trinajstić information content (AvgIpc) is 0. The molecule has 0 aliphatic carbocycles. The molecule has 0 N–H and O–H groups in total. The molecule has 0 spiro atoms. The molecule has 0 amide bonds. The summed E-state index contributed by atoms with van der Waals surface area (Å²) in [5, 5.41) is 0. The maximum atomic E-state index is 0. The fraction of sp³-hybridized carbons (Fsp3) is 0. The van der Waals surface area contributed by atoms with Gasteiger partial charge in [0.15, 0.2) is 0 Å². The fourth-order valence-corrected chi connectivity index (χ4v) is 0. The zero-order valence-corrected chi connectivity index (χ0v) is 13.8. The van der Waals surface area contributed by atoms with Gasteiger partial charge in [0.2, 0.25) is 0 Å². The third kappa shape index (κ3) is 19.9. The predicted octanol–water partition coefficient (Wildman–Crippen LogP) is -1.19. The van der Waals surface area contributed by atoms with Gasteiger partial charge < -0.3 is 0 Å². The Morgan fingerprint density at radius 2 is 1.00 bits per heavy atom. The van der Waals surface area contributed by atoms with Gasteiger partial charge >= 0.3 is 0 Å². The molecule has 0 heterocycles. The van der Waals surface area contributed by atoms with Crippen LogP contribution in [0.2, 0.25) is 0 Å². The van der Waals surface area contributed by atoms with Crippen LogP contribution in [0.1, 0.15) is 0 Å². The third-order valence-electron chi connectivity index (χ3n) is 0. The molecule has 0 saturated heterocycles. The number of hydrogen-bond donors (Lipinski definition) is 0. The van der Waals surface area contributed by atoms with Crippen LogP contribution in [0.25, 0.3) is 0 Å². The van der Waals surface area contributed by atoms with E-state index in [1.807, 2.05) is 0 Å². The first-order valence-corrected chi connectivity index (χ1v) is 0. The molecule has 34 valence electrons.